The van der Waals surface area contributed by atoms with E-state index in [1.807, 2.05) is 0 Å². The molecular formula is C8H18OSi. The minimum absolute atomic E-state index is 0.893. The second-order valence-corrected chi connectivity index (χ2v) is 7.92. The van der Waals surface area contributed by atoms with Crippen molar-refractivity contribution in [2.24, 2.45) is 0 Å². The van der Waals surface area contributed by atoms with E-state index in [1.54, 1.807) is 0 Å². The van der Waals surface area contributed by atoms with Crippen molar-refractivity contribution in [3.05, 3.63) is 12.3 Å². The van der Waals surface area contributed by atoms with Gasteiger partial charge in [0.05, 0.1) is 0 Å². The first-order chi connectivity index (χ1) is 4.62. The van der Waals surface area contributed by atoms with Gasteiger partial charge in [-0.15, -0.1) is 6.58 Å². The van der Waals surface area contributed by atoms with E-state index in [4.69, 9.17) is 4.74 Å². The van der Waals surface area contributed by atoms with Crippen LogP contribution in [0.1, 0.15) is 13.3 Å². The van der Waals surface area contributed by atoms with Gasteiger partial charge in [0.15, 0.2) is 0 Å². The van der Waals surface area contributed by atoms with Crippen molar-refractivity contribution in [1.29, 1.82) is 0 Å². The molecule has 10 heavy (non-hydrogen) atoms. The zero-order chi connectivity index (χ0) is 8.04. The summed E-state index contributed by atoms with van der Waals surface area (Å²) in [5.74, 6) is 0. The minimum Gasteiger partial charge on any atom is -0.384 e. The van der Waals surface area contributed by atoms with Crippen molar-refractivity contribution < 1.29 is 4.74 Å². The standard InChI is InChI=1S/C8H18OSi/c1-5-7-9-8-10(3,4)6-2/h6H,2,5,7-8H2,1,3-4H3. The van der Waals surface area contributed by atoms with Crippen LogP contribution in [0.2, 0.25) is 13.1 Å². The minimum atomic E-state index is -1.17. The molecule has 0 aliphatic rings. The van der Waals surface area contributed by atoms with E-state index in [-0.39, 0.29) is 0 Å². The molecule has 0 unspecified atom stereocenters. The average Bonchev–Trinajstić information content (AvgIpc) is 1.89. The Morgan fingerprint density at radius 1 is 1.50 bits per heavy atom. The Morgan fingerprint density at radius 2 is 2.10 bits per heavy atom. The summed E-state index contributed by atoms with van der Waals surface area (Å²) in [6, 6.07) is 0. The van der Waals surface area contributed by atoms with Crippen LogP contribution in [0.5, 0.6) is 0 Å². The molecule has 0 rings (SSSR count). The lowest BCUT2D eigenvalue weighted by molar-refractivity contribution is 0.174. The van der Waals surface area contributed by atoms with E-state index < -0.39 is 8.07 Å². The van der Waals surface area contributed by atoms with Gasteiger partial charge in [0.1, 0.15) is 8.07 Å². The number of hydrogen-bond acceptors (Lipinski definition) is 1. The third-order valence-corrected chi connectivity index (χ3v) is 3.43. The lowest BCUT2D eigenvalue weighted by Gasteiger charge is -2.16. The van der Waals surface area contributed by atoms with Gasteiger partial charge in [-0.2, -0.15) is 0 Å². The lowest BCUT2D eigenvalue weighted by Crippen LogP contribution is -2.30. The molecule has 1 nitrogen and oxygen atoms in total. The average molecular weight is 158 g/mol. The van der Waals surface area contributed by atoms with Gasteiger partial charge in [-0.3, -0.25) is 0 Å². The summed E-state index contributed by atoms with van der Waals surface area (Å²) in [6.45, 7) is 11.3. The molecule has 0 atom stereocenters. The predicted molar refractivity (Wildman–Crippen MR) is 48.8 cm³/mol. The molecule has 0 heterocycles. The monoisotopic (exact) mass is 158 g/mol. The molecule has 0 spiro atoms. The summed E-state index contributed by atoms with van der Waals surface area (Å²) < 4.78 is 5.43. The fraction of sp³-hybridized carbons (Fsp3) is 0.750. The zero-order valence-corrected chi connectivity index (χ0v) is 8.31. The molecule has 0 N–H and O–H groups in total. The summed E-state index contributed by atoms with van der Waals surface area (Å²) >= 11 is 0. The van der Waals surface area contributed by atoms with Crippen molar-refractivity contribution in [1.82, 2.24) is 0 Å². The summed E-state index contributed by atoms with van der Waals surface area (Å²) in [5.41, 5.74) is 2.07. The van der Waals surface area contributed by atoms with Gasteiger partial charge in [-0.1, -0.05) is 25.7 Å². The van der Waals surface area contributed by atoms with Crippen molar-refractivity contribution in [3.63, 3.8) is 0 Å². The van der Waals surface area contributed by atoms with Crippen molar-refractivity contribution in [2.45, 2.75) is 26.4 Å². The number of rotatable bonds is 5. The summed E-state index contributed by atoms with van der Waals surface area (Å²) in [6.07, 6.45) is 2.03. The van der Waals surface area contributed by atoms with E-state index in [1.165, 1.54) is 0 Å². The van der Waals surface area contributed by atoms with E-state index in [9.17, 15) is 0 Å². The fourth-order valence-electron chi connectivity index (χ4n) is 0.538. The largest absolute Gasteiger partial charge is 0.384 e. The maximum Gasteiger partial charge on any atom is 0.100 e. The maximum atomic E-state index is 5.43. The molecule has 60 valence electrons. The van der Waals surface area contributed by atoms with Gasteiger partial charge < -0.3 is 4.74 Å². The molecule has 0 aliphatic carbocycles. The third kappa shape index (κ3) is 4.76. The molecule has 0 fully saturated rings. The van der Waals surface area contributed by atoms with Crippen LogP contribution in [0, 0.1) is 0 Å². The van der Waals surface area contributed by atoms with Gasteiger partial charge >= 0.3 is 0 Å². The second-order valence-electron chi connectivity index (χ2n) is 3.25. The highest BCUT2D eigenvalue weighted by Gasteiger charge is 2.15. The van der Waals surface area contributed by atoms with Crippen LogP contribution >= 0.6 is 0 Å². The van der Waals surface area contributed by atoms with E-state index in [2.05, 4.69) is 32.3 Å². The maximum absolute atomic E-state index is 5.43. The molecular weight excluding hydrogens is 140 g/mol. The van der Waals surface area contributed by atoms with Crippen LogP contribution in [-0.2, 0) is 4.74 Å². The quantitative estimate of drug-likeness (QED) is 0.441. The highest BCUT2D eigenvalue weighted by molar-refractivity contribution is 6.82. The first-order valence-electron chi connectivity index (χ1n) is 3.83. The van der Waals surface area contributed by atoms with Gasteiger partial charge in [0.25, 0.3) is 0 Å². The van der Waals surface area contributed by atoms with Gasteiger partial charge in [-0.05, 0) is 6.42 Å². The van der Waals surface area contributed by atoms with Gasteiger partial charge in [-0.25, -0.2) is 0 Å². The number of hydrogen-bond donors (Lipinski definition) is 0. The predicted octanol–water partition coefficient (Wildman–Crippen LogP) is 2.39. The van der Waals surface area contributed by atoms with Crippen LogP contribution < -0.4 is 0 Å². The summed E-state index contributed by atoms with van der Waals surface area (Å²) in [4.78, 5) is 0. The fourth-order valence-corrected chi connectivity index (χ4v) is 1.33. The smallest absolute Gasteiger partial charge is 0.100 e. The Labute approximate surface area is 65.1 Å². The summed E-state index contributed by atoms with van der Waals surface area (Å²) in [5, 5.41) is 0. The van der Waals surface area contributed by atoms with Crippen LogP contribution in [0.25, 0.3) is 0 Å². The molecule has 0 aromatic carbocycles. The van der Waals surface area contributed by atoms with E-state index in [0.717, 1.165) is 19.3 Å². The second kappa shape index (κ2) is 4.69. The van der Waals surface area contributed by atoms with E-state index >= 15 is 0 Å². The first-order valence-corrected chi connectivity index (χ1v) is 7.12. The van der Waals surface area contributed by atoms with E-state index in [0.29, 0.717) is 0 Å². The Kier molecular flexibility index (Phi) is 4.65. The van der Waals surface area contributed by atoms with Gasteiger partial charge in [0, 0.05) is 12.8 Å². The normalized spacial score (nSPS) is 11.5. The SMILES string of the molecule is C=C[Si](C)(C)COCCC. The van der Waals surface area contributed by atoms with Crippen molar-refractivity contribution in [2.75, 3.05) is 12.8 Å². The van der Waals surface area contributed by atoms with Crippen molar-refractivity contribution in [3.8, 4) is 0 Å². The highest BCUT2D eigenvalue weighted by atomic mass is 28.3. The van der Waals surface area contributed by atoms with Gasteiger partial charge in [0.2, 0.25) is 0 Å². The molecule has 0 aromatic rings. The zero-order valence-electron chi connectivity index (χ0n) is 7.31. The molecule has 0 radical (unpaired) electrons. The Balaban J connectivity index is 3.37. The Bertz CT molecular complexity index is 99.4. The number of ether oxygens (including phenoxy) is 1. The van der Waals surface area contributed by atoms with Crippen LogP contribution in [-0.4, -0.2) is 20.9 Å². The van der Waals surface area contributed by atoms with Crippen LogP contribution in [0.4, 0.5) is 0 Å². The molecule has 0 aromatic heterocycles. The topological polar surface area (TPSA) is 9.23 Å². The Hall–Kier alpha value is -0.0831. The molecule has 0 saturated heterocycles. The van der Waals surface area contributed by atoms with Crippen LogP contribution in [0.3, 0.4) is 0 Å². The Morgan fingerprint density at radius 3 is 2.50 bits per heavy atom. The van der Waals surface area contributed by atoms with Crippen LogP contribution in [0.15, 0.2) is 12.3 Å². The van der Waals surface area contributed by atoms with Crippen molar-refractivity contribution >= 4 is 8.07 Å². The summed E-state index contributed by atoms with van der Waals surface area (Å²) in [7, 11) is -1.17. The lowest BCUT2D eigenvalue weighted by atomic mass is 10.5. The molecule has 0 aliphatic heterocycles. The molecule has 0 bridgehead atoms. The highest BCUT2D eigenvalue weighted by Crippen LogP contribution is 2.02. The first kappa shape index (κ1) is 9.92. The third-order valence-electron chi connectivity index (χ3n) is 1.38. The molecule has 0 amide bonds. The molecule has 2 heteroatoms. The molecule has 0 saturated carbocycles.